The monoisotopic (exact) mass is 474 g/mol. The van der Waals surface area contributed by atoms with Crippen LogP contribution in [0.5, 0.6) is 5.75 Å². The number of hydrogen-bond acceptors (Lipinski definition) is 5. The number of alkyl halides is 2. The van der Waals surface area contributed by atoms with Crippen molar-refractivity contribution >= 4 is 12.0 Å². The van der Waals surface area contributed by atoms with Gasteiger partial charge in [-0.25, -0.2) is 9.59 Å². The van der Waals surface area contributed by atoms with Gasteiger partial charge in [-0.05, 0) is 44.5 Å². The van der Waals surface area contributed by atoms with Crippen molar-refractivity contribution in [3.63, 3.8) is 0 Å². The Labute approximate surface area is 196 Å². The lowest BCUT2D eigenvalue weighted by Crippen LogP contribution is -2.48. The third-order valence-corrected chi connectivity index (χ3v) is 6.15. The standard InChI is InChI=1S/C24H28F2N4O4/c1-3-33-22(31)20-16(14-30-13-7-10-18(30)17-9-6-12-29(17)2)27-24(32)28-21(20)15-8-4-5-11-19(15)34-23(25)26/h4-6,8-9,11-12,18,21,23H,3,7,10,13-14H2,1-2H3,(H2,27,28,32)/t18-,21+/m1/s1. The van der Waals surface area contributed by atoms with E-state index in [2.05, 4.69) is 30.9 Å². The van der Waals surface area contributed by atoms with E-state index >= 15 is 0 Å². The van der Waals surface area contributed by atoms with E-state index < -0.39 is 24.7 Å². The number of aromatic nitrogens is 1. The molecule has 1 saturated heterocycles. The summed E-state index contributed by atoms with van der Waals surface area (Å²) in [5.74, 6) is -0.745. The molecule has 2 aliphatic heterocycles. The molecule has 0 radical (unpaired) electrons. The van der Waals surface area contributed by atoms with Crippen LogP contribution in [0.15, 0.2) is 53.9 Å². The first-order chi connectivity index (χ1) is 16.4. The number of hydrogen-bond donors (Lipinski definition) is 2. The SMILES string of the molecule is CCOC(=O)C1=C(CN2CCC[C@@H]2c2cccn2C)NC(=O)N[C@H]1c1ccccc1OC(F)F. The summed E-state index contributed by atoms with van der Waals surface area (Å²) < 4.78 is 38.1. The molecule has 0 spiro atoms. The van der Waals surface area contributed by atoms with Gasteiger partial charge in [-0.2, -0.15) is 8.78 Å². The number of nitrogens with one attached hydrogen (secondary N) is 2. The van der Waals surface area contributed by atoms with Crippen LogP contribution in [0, 0.1) is 0 Å². The first-order valence-corrected chi connectivity index (χ1v) is 11.3. The predicted molar refractivity (Wildman–Crippen MR) is 120 cm³/mol. The van der Waals surface area contributed by atoms with Crippen LogP contribution in [0.1, 0.15) is 43.1 Å². The summed E-state index contributed by atoms with van der Waals surface area (Å²) in [6, 6.07) is 8.74. The molecule has 0 saturated carbocycles. The molecule has 1 aromatic carbocycles. The van der Waals surface area contributed by atoms with Crippen LogP contribution >= 0.6 is 0 Å². The number of halogens is 2. The molecule has 0 bridgehead atoms. The number of esters is 1. The highest BCUT2D eigenvalue weighted by molar-refractivity contribution is 5.95. The molecule has 2 aliphatic rings. The Morgan fingerprint density at radius 3 is 2.74 bits per heavy atom. The summed E-state index contributed by atoms with van der Waals surface area (Å²) in [4.78, 5) is 27.9. The molecule has 2 amide bonds. The van der Waals surface area contributed by atoms with E-state index in [4.69, 9.17) is 4.74 Å². The minimum absolute atomic E-state index is 0.117. The van der Waals surface area contributed by atoms with E-state index in [9.17, 15) is 18.4 Å². The van der Waals surface area contributed by atoms with Gasteiger partial charge in [0.15, 0.2) is 0 Å². The van der Waals surface area contributed by atoms with Crippen molar-refractivity contribution in [1.82, 2.24) is 20.1 Å². The average molecular weight is 475 g/mol. The predicted octanol–water partition coefficient (Wildman–Crippen LogP) is 3.63. The van der Waals surface area contributed by atoms with Crippen molar-refractivity contribution in [2.75, 3.05) is 19.7 Å². The largest absolute Gasteiger partial charge is 0.463 e. The normalized spacial score (nSPS) is 20.9. The molecule has 10 heteroatoms. The smallest absolute Gasteiger partial charge is 0.387 e. The van der Waals surface area contributed by atoms with Crippen LogP contribution in [0.4, 0.5) is 13.6 Å². The maximum atomic E-state index is 13.1. The molecule has 1 fully saturated rings. The van der Waals surface area contributed by atoms with Gasteiger partial charge in [0.2, 0.25) is 0 Å². The Morgan fingerprint density at radius 2 is 2.03 bits per heavy atom. The summed E-state index contributed by atoms with van der Waals surface area (Å²) in [6.07, 6.45) is 3.90. The first kappa shape index (κ1) is 23.7. The highest BCUT2D eigenvalue weighted by atomic mass is 19.3. The van der Waals surface area contributed by atoms with Gasteiger partial charge in [0.1, 0.15) is 5.75 Å². The number of urea groups is 1. The summed E-state index contributed by atoms with van der Waals surface area (Å²) >= 11 is 0. The Morgan fingerprint density at radius 1 is 1.24 bits per heavy atom. The van der Waals surface area contributed by atoms with E-state index in [0.29, 0.717) is 12.2 Å². The number of rotatable bonds is 8. The fourth-order valence-electron chi connectivity index (χ4n) is 4.72. The van der Waals surface area contributed by atoms with E-state index in [-0.39, 0.29) is 29.5 Å². The second-order valence-corrected chi connectivity index (χ2v) is 8.23. The molecule has 2 atom stereocenters. The van der Waals surface area contributed by atoms with Crippen molar-refractivity contribution in [2.45, 2.75) is 38.5 Å². The molecular weight excluding hydrogens is 446 g/mol. The molecule has 0 aliphatic carbocycles. The van der Waals surface area contributed by atoms with E-state index in [1.165, 1.54) is 6.07 Å². The van der Waals surface area contributed by atoms with Crippen LogP contribution in [0.25, 0.3) is 0 Å². The lowest BCUT2D eigenvalue weighted by Gasteiger charge is -2.33. The van der Waals surface area contributed by atoms with Gasteiger partial charge in [-0.3, -0.25) is 4.90 Å². The Bertz CT molecular complexity index is 1080. The minimum Gasteiger partial charge on any atom is -0.463 e. The number of ether oxygens (including phenoxy) is 2. The zero-order valence-corrected chi connectivity index (χ0v) is 19.1. The number of nitrogens with zero attached hydrogens (tertiary/aromatic N) is 2. The van der Waals surface area contributed by atoms with Gasteiger partial charge in [0.25, 0.3) is 0 Å². The molecule has 0 unspecified atom stereocenters. The lowest BCUT2D eigenvalue weighted by molar-refractivity contribution is -0.139. The van der Waals surface area contributed by atoms with Gasteiger partial charge in [0, 0.05) is 36.7 Å². The number of amides is 2. The van der Waals surface area contributed by atoms with Crippen LogP contribution in [-0.2, 0) is 16.6 Å². The summed E-state index contributed by atoms with van der Waals surface area (Å²) in [6.45, 7) is -0.160. The van der Waals surface area contributed by atoms with E-state index in [0.717, 1.165) is 25.1 Å². The molecule has 34 heavy (non-hydrogen) atoms. The molecule has 2 N–H and O–H groups in total. The summed E-state index contributed by atoms with van der Waals surface area (Å²) in [5, 5.41) is 5.45. The second kappa shape index (κ2) is 10.3. The lowest BCUT2D eigenvalue weighted by atomic mass is 9.94. The topological polar surface area (TPSA) is 84.8 Å². The van der Waals surface area contributed by atoms with Crippen LogP contribution < -0.4 is 15.4 Å². The second-order valence-electron chi connectivity index (χ2n) is 8.23. The number of benzene rings is 1. The molecular formula is C24H28F2N4O4. The third kappa shape index (κ3) is 4.91. The van der Waals surface area contributed by atoms with Gasteiger partial charge in [-0.15, -0.1) is 0 Å². The quantitative estimate of drug-likeness (QED) is 0.571. The maximum Gasteiger partial charge on any atom is 0.387 e. The van der Waals surface area contributed by atoms with Crippen molar-refractivity contribution in [3.05, 3.63) is 65.1 Å². The number of carbonyl (C=O) groups is 2. The number of aryl methyl sites for hydroxylation is 1. The van der Waals surface area contributed by atoms with Crippen molar-refractivity contribution in [3.8, 4) is 5.75 Å². The molecule has 3 heterocycles. The number of para-hydroxylation sites is 1. The molecule has 4 rings (SSSR count). The van der Waals surface area contributed by atoms with Crippen molar-refractivity contribution in [2.24, 2.45) is 7.05 Å². The zero-order chi connectivity index (χ0) is 24.2. The maximum absolute atomic E-state index is 13.1. The average Bonchev–Trinajstić information content (AvgIpc) is 3.41. The first-order valence-electron chi connectivity index (χ1n) is 11.3. The van der Waals surface area contributed by atoms with Crippen molar-refractivity contribution < 1.29 is 27.8 Å². The van der Waals surface area contributed by atoms with E-state index in [1.54, 1.807) is 25.1 Å². The number of likely N-dealkylation sites (tertiary alicyclic amines) is 1. The van der Waals surface area contributed by atoms with Crippen LogP contribution in [-0.4, -0.2) is 47.8 Å². The summed E-state index contributed by atoms with van der Waals surface area (Å²) in [5.41, 5.74) is 1.95. The van der Waals surface area contributed by atoms with Crippen LogP contribution in [0.2, 0.25) is 0 Å². The highest BCUT2D eigenvalue weighted by Gasteiger charge is 2.37. The number of carbonyl (C=O) groups excluding carboxylic acids is 2. The molecule has 182 valence electrons. The van der Waals surface area contributed by atoms with Gasteiger partial charge >= 0.3 is 18.6 Å². The zero-order valence-electron chi connectivity index (χ0n) is 19.1. The fourth-order valence-corrected chi connectivity index (χ4v) is 4.72. The Hall–Kier alpha value is -3.40. The molecule has 8 nitrogen and oxygen atoms in total. The van der Waals surface area contributed by atoms with Gasteiger partial charge in [0.05, 0.1) is 24.3 Å². The van der Waals surface area contributed by atoms with Gasteiger partial charge < -0.3 is 24.7 Å². The Balaban J connectivity index is 1.74. The van der Waals surface area contributed by atoms with Crippen molar-refractivity contribution in [1.29, 1.82) is 0 Å². The van der Waals surface area contributed by atoms with Crippen LogP contribution in [0.3, 0.4) is 0 Å². The molecule has 2 aromatic rings. The summed E-state index contributed by atoms with van der Waals surface area (Å²) in [7, 11) is 1.98. The highest BCUT2D eigenvalue weighted by Crippen LogP contribution is 2.37. The molecule has 1 aromatic heterocycles. The Kier molecular flexibility index (Phi) is 7.16. The third-order valence-electron chi connectivity index (χ3n) is 6.15. The van der Waals surface area contributed by atoms with Gasteiger partial charge in [-0.1, -0.05) is 18.2 Å². The van der Waals surface area contributed by atoms with E-state index in [1.807, 2.05) is 19.3 Å². The minimum atomic E-state index is -3.05. The fraction of sp³-hybridized carbons (Fsp3) is 0.417.